The molecule has 2 amide bonds. The number of rotatable bonds is 8. The molecule has 3 aromatic rings. The minimum atomic E-state index is -0.538. The molecule has 3 aromatic carbocycles. The van der Waals surface area contributed by atoms with Crippen LogP contribution in [-0.2, 0) is 9.59 Å². The van der Waals surface area contributed by atoms with E-state index in [1.54, 1.807) is 48.5 Å². The molecule has 0 aliphatic rings. The number of ether oxygens (including phenoxy) is 1. The molecule has 2 N–H and O–H groups in total. The van der Waals surface area contributed by atoms with E-state index in [2.05, 4.69) is 10.6 Å². The first-order chi connectivity index (χ1) is 15.9. The van der Waals surface area contributed by atoms with Crippen molar-refractivity contribution in [2.75, 3.05) is 11.9 Å². The molecule has 0 saturated carbocycles. The molecule has 1 atom stereocenters. The van der Waals surface area contributed by atoms with Gasteiger partial charge < -0.3 is 15.4 Å². The van der Waals surface area contributed by atoms with Crippen molar-refractivity contribution in [2.24, 2.45) is 0 Å². The van der Waals surface area contributed by atoms with Gasteiger partial charge in [-0.15, -0.1) is 0 Å². The molecule has 33 heavy (non-hydrogen) atoms. The summed E-state index contributed by atoms with van der Waals surface area (Å²) in [5.74, 6) is -0.277. The summed E-state index contributed by atoms with van der Waals surface area (Å²) in [5.41, 5.74) is 2.09. The highest BCUT2D eigenvalue weighted by Gasteiger charge is 2.11. The van der Waals surface area contributed by atoms with E-state index in [1.807, 2.05) is 43.3 Å². The molecule has 0 heterocycles. The molecule has 7 heteroatoms. The molecule has 0 unspecified atom stereocenters. The monoisotopic (exact) mass is 459 g/mol. The predicted octanol–water partition coefficient (Wildman–Crippen LogP) is 5.14. The molecule has 0 bridgehead atoms. The van der Waals surface area contributed by atoms with Crippen LogP contribution in [0.4, 0.5) is 5.69 Å². The van der Waals surface area contributed by atoms with Crippen LogP contribution >= 0.6 is 11.6 Å². The molecule has 0 spiro atoms. The van der Waals surface area contributed by atoms with E-state index in [1.165, 1.54) is 6.08 Å². The fourth-order valence-electron chi connectivity index (χ4n) is 3.00. The van der Waals surface area contributed by atoms with Gasteiger partial charge in [0, 0.05) is 10.7 Å². The average Bonchev–Trinajstić information content (AvgIpc) is 2.82. The summed E-state index contributed by atoms with van der Waals surface area (Å²) in [4.78, 5) is 24.5. The maximum absolute atomic E-state index is 12.4. The molecule has 0 saturated heterocycles. The lowest BCUT2D eigenvalue weighted by atomic mass is 10.1. The van der Waals surface area contributed by atoms with Crippen molar-refractivity contribution in [3.8, 4) is 11.8 Å². The van der Waals surface area contributed by atoms with Crippen LogP contribution in [0, 0.1) is 11.3 Å². The van der Waals surface area contributed by atoms with Gasteiger partial charge in [-0.25, -0.2) is 0 Å². The summed E-state index contributed by atoms with van der Waals surface area (Å²) < 4.78 is 5.54. The van der Waals surface area contributed by atoms with Gasteiger partial charge in [-0.3, -0.25) is 9.59 Å². The summed E-state index contributed by atoms with van der Waals surface area (Å²) in [5, 5.41) is 15.4. The summed E-state index contributed by atoms with van der Waals surface area (Å²) >= 11 is 5.92. The Bertz CT molecular complexity index is 1190. The molecule has 0 aliphatic heterocycles. The topological polar surface area (TPSA) is 91.2 Å². The zero-order valence-electron chi connectivity index (χ0n) is 17.9. The molecule has 0 aromatic heterocycles. The smallest absolute Gasteiger partial charge is 0.266 e. The molecule has 0 fully saturated rings. The Morgan fingerprint density at radius 2 is 1.79 bits per heavy atom. The quantitative estimate of drug-likeness (QED) is 0.360. The van der Waals surface area contributed by atoms with Crippen LogP contribution in [0.2, 0.25) is 5.02 Å². The van der Waals surface area contributed by atoms with Gasteiger partial charge in [-0.05, 0) is 54.5 Å². The predicted molar refractivity (Wildman–Crippen MR) is 129 cm³/mol. The highest BCUT2D eigenvalue weighted by atomic mass is 35.5. The number of anilines is 1. The third kappa shape index (κ3) is 7.23. The number of nitriles is 1. The third-order valence-corrected chi connectivity index (χ3v) is 4.92. The lowest BCUT2D eigenvalue weighted by Gasteiger charge is -2.14. The van der Waals surface area contributed by atoms with Crippen molar-refractivity contribution >= 4 is 35.2 Å². The van der Waals surface area contributed by atoms with Crippen molar-refractivity contribution in [1.82, 2.24) is 5.32 Å². The number of carbonyl (C=O) groups excluding carboxylic acids is 2. The van der Waals surface area contributed by atoms with E-state index in [0.717, 1.165) is 5.56 Å². The van der Waals surface area contributed by atoms with Crippen LogP contribution in [0.3, 0.4) is 0 Å². The molecular weight excluding hydrogens is 438 g/mol. The lowest BCUT2D eigenvalue weighted by molar-refractivity contribution is -0.123. The largest absolute Gasteiger partial charge is 0.484 e. The number of nitrogens with zero attached hydrogens (tertiary/aromatic N) is 1. The SMILES string of the molecule is C[C@@H](NC(=O)COc1ccc(/C=C(\C#N)C(=O)Nc2cccc(Cl)c2)cc1)c1ccccc1. The van der Waals surface area contributed by atoms with Crippen molar-refractivity contribution in [3.63, 3.8) is 0 Å². The molecule has 0 aliphatic carbocycles. The standard InChI is InChI=1S/C26H22ClN3O3/c1-18(20-6-3-2-4-7-20)29-25(31)17-33-24-12-10-19(11-13-24)14-21(16-28)26(32)30-23-9-5-8-22(27)15-23/h2-15,18H,17H2,1H3,(H,29,31)(H,30,32)/b21-14+/t18-/m1/s1. The maximum atomic E-state index is 12.4. The second-order valence-corrected chi connectivity index (χ2v) is 7.63. The Labute approximate surface area is 197 Å². The van der Waals surface area contributed by atoms with Gasteiger partial charge in [0.1, 0.15) is 17.4 Å². The van der Waals surface area contributed by atoms with Crippen molar-refractivity contribution in [1.29, 1.82) is 5.26 Å². The van der Waals surface area contributed by atoms with Gasteiger partial charge in [0.05, 0.1) is 6.04 Å². The lowest BCUT2D eigenvalue weighted by Crippen LogP contribution is -2.31. The number of amides is 2. The van der Waals surface area contributed by atoms with Crippen LogP contribution < -0.4 is 15.4 Å². The number of carbonyl (C=O) groups is 2. The van der Waals surface area contributed by atoms with Gasteiger partial charge in [0.25, 0.3) is 11.8 Å². The van der Waals surface area contributed by atoms with Crippen LogP contribution in [0.5, 0.6) is 5.75 Å². The Morgan fingerprint density at radius 1 is 1.06 bits per heavy atom. The highest BCUT2D eigenvalue weighted by molar-refractivity contribution is 6.31. The Morgan fingerprint density at radius 3 is 2.45 bits per heavy atom. The Kier molecular flexibility index (Phi) is 8.23. The van der Waals surface area contributed by atoms with E-state index >= 15 is 0 Å². The molecule has 0 radical (unpaired) electrons. The Hall–Kier alpha value is -4.08. The van der Waals surface area contributed by atoms with Gasteiger partial charge in [-0.1, -0.05) is 60.1 Å². The van der Waals surface area contributed by atoms with Gasteiger partial charge in [-0.2, -0.15) is 5.26 Å². The van der Waals surface area contributed by atoms with Crippen LogP contribution in [0.15, 0.2) is 84.4 Å². The first kappa shape index (κ1) is 23.6. The van der Waals surface area contributed by atoms with Crippen LogP contribution in [-0.4, -0.2) is 18.4 Å². The molecular formula is C26H22ClN3O3. The normalized spacial score (nSPS) is 11.7. The van der Waals surface area contributed by atoms with Gasteiger partial charge in [0.15, 0.2) is 6.61 Å². The van der Waals surface area contributed by atoms with E-state index < -0.39 is 5.91 Å². The maximum Gasteiger partial charge on any atom is 0.266 e. The minimum Gasteiger partial charge on any atom is -0.484 e. The second-order valence-electron chi connectivity index (χ2n) is 7.19. The van der Waals surface area contributed by atoms with Crippen molar-refractivity contribution in [3.05, 3.63) is 101 Å². The number of halogens is 1. The molecule has 166 valence electrons. The number of nitrogens with one attached hydrogen (secondary N) is 2. The second kappa shape index (κ2) is 11.5. The van der Waals surface area contributed by atoms with E-state index in [4.69, 9.17) is 16.3 Å². The minimum absolute atomic E-state index is 0.0575. The fraction of sp³-hybridized carbons (Fsp3) is 0.115. The summed E-state index contributed by atoms with van der Waals surface area (Å²) in [6, 6.07) is 24.8. The van der Waals surface area contributed by atoms with E-state index in [9.17, 15) is 14.9 Å². The molecule has 3 rings (SSSR count). The van der Waals surface area contributed by atoms with Gasteiger partial charge >= 0.3 is 0 Å². The first-order valence-electron chi connectivity index (χ1n) is 10.2. The van der Waals surface area contributed by atoms with Gasteiger partial charge in [0.2, 0.25) is 0 Å². The third-order valence-electron chi connectivity index (χ3n) is 4.69. The van der Waals surface area contributed by atoms with Crippen LogP contribution in [0.1, 0.15) is 24.1 Å². The van der Waals surface area contributed by atoms with Crippen LogP contribution in [0.25, 0.3) is 6.08 Å². The summed E-state index contributed by atoms with van der Waals surface area (Å²) in [6.45, 7) is 1.78. The first-order valence-corrected chi connectivity index (χ1v) is 10.6. The molecule has 6 nitrogen and oxygen atoms in total. The summed E-state index contributed by atoms with van der Waals surface area (Å²) in [7, 11) is 0. The Balaban J connectivity index is 1.55. The zero-order valence-corrected chi connectivity index (χ0v) is 18.7. The van der Waals surface area contributed by atoms with Crippen molar-refractivity contribution in [2.45, 2.75) is 13.0 Å². The number of hydrogen-bond donors (Lipinski definition) is 2. The summed E-state index contributed by atoms with van der Waals surface area (Å²) in [6.07, 6.45) is 1.47. The van der Waals surface area contributed by atoms with Crippen molar-refractivity contribution < 1.29 is 14.3 Å². The number of benzene rings is 3. The zero-order chi connectivity index (χ0) is 23.6. The highest BCUT2D eigenvalue weighted by Crippen LogP contribution is 2.18. The fourth-order valence-corrected chi connectivity index (χ4v) is 3.19. The number of hydrogen-bond acceptors (Lipinski definition) is 4. The average molecular weight is 460 g/mol. The van der Waals surface area contributed by atoms with E-state index in [-0.39, 0.29) is 24.1 Å². The van der Waals surface area contributed by atoms with E-state index in [0.29, 0.717) is 22.0 Å².